The highest BCUT2D eigenvalue weighted by Crippen LogP contribution is 2.44. The average Bonchev–Trinajstić information content (AvgIpc) is 3.36. The van der Waals surface area contributed by atoms with Crippen molar-refractivity contribution in [1.29, 1.82) is 0 Å². The molecule has 0 spiro atoms. The van der Waals surface area contributed by atoms with E-state index in [0.29, 0.717) is 22.7 Å². The molecule has 0 aliphatic rings. The number of carbonyl (C=O) groups is 2. The molecule has 42 heavy (non-hydrogen) atoms. The Balaban J connectivity index is 1.42. The van der Waals surface area contributed by atoms with Crippen LogP contribution < -0.4 is 19.7 Å². The number of amides is 1. The van der Waals surface area contributed by atoms with Crippen molar-refractivity contribution in [3.05, 3.63) is 73.3 Å². The Kier molecular flexibility index (Phi) is 10.2. The summed E-state index contributed by atoms with van der Waals surface area (Å²) in [5, 5.41) is 5.36. The molecule has 0 saturated heterocycles. The molecule has 0 aliphatic heterocycles. The Labute approximate surface area is 243 Å². The third kappa shape index (κ3) is 8.59. The molecular formula is C28H33N6O7P. The Morgan fingerprint density at radius 3 is 2.26 bits per heavy atom. The second kappa shape index (κ2) is 14.0. The van der Waals surface area contributed by atoms with Crippen LogP contribution in [0.15, 0.2) is 73.3 Å². The Bertz CT molecular complexity index is 1530. The van der Waals surface area contributed by atoms with E-state index in [1.54, 1.807) is 86.9 Å². The number of rotatable bonds is 13. The van der Waals surface area contributed by atoms with E-state index in [1.165, 1.54) is 12.7 Å². The van der Waals surface area contributed by atoms with Crippen molar-refractivity contribution < 1.29 is 32.9 Å². The standard InChI is InChI=1S/C28H33N6O7P/c1-19(2)39-27(35)21(4)33-42(37,41-23-13-9-6-10-14-23)18-38-20(3)15-34-17-31-24-25(29-16-30-26(24)34)32-28(36)40-22-11-7-5-8-12-22/h5-14,16-17,19-21H,15,18H2,1-4H3,(H,33,37)(H,29,30,32,36)/t20-,21-,42+/m1/s1. The molecule has 0 saturated carbocycles. The number of ether oxygens (including phenoxy) is 3. The molecule has 2 aromatic heterocycles. The fraction of sp³-hybridized carbons (Fsp3) is 0.321. The lowest BCUT2D eigenvalue weighted by Crippen LogP contribution is -2.37. The molecule has 0 fully saturated rings. The van der Waals surface area contributed by atoms with Gasteiger partial charge in [-0.05, 0) is 52.0 Å². The number of imidazole rings is 1. The van der Waals surface area contributed by atoms with E-state index in [2.05, 4.69) is 25.4 Å². The molecule has 222 valence electrons. The molecule has 3 atom stereocenters. The molecule has 2 heterocycles. The number of anilines is 1. The SMILES string of the molecule is CC(C)OC(=O)[C@@H](C)N[P@](=O)(CO[C@H](C)Cn1cnc2c(NC(=O)Oc3ccccc3)ncnc21)Oc1ccccc1. The van der Waals surface area contributed by atoms with Gasteiger partial charge in [-0.15, -0.1) is 0 Å². The summed E-state index contributed by atoms with van der Waals surface area (Å²) < 4.78 is 37.8. The number of nitrogens with one attached hydrogen (secondary N) is 2. The number of aromatic nitrogens is 4. The van der Waals surface area contributed by atoms with Crippen LogP contribution in [0, 0.1) is 0 Å². The van der Waals surface area contributed by atoms with Crippen molar-refractivity contribution in [2.45, 2.75) is 52.5 Å². The Morgan fingerprint density at radius 1 is 0.929 bits per heavy atom. The van der Waals surface area contributed by atoms with E-state index in [4.69, 9.17) is 18.7 Å². The van der Waals surface area contributed by atoms with E-state index < -0.39 is 31.7 Å². The summed E-state index contributed by atoms with van der Waals surface area (Å²) in [4.78, 5) is 37.5. The third-order valence-corrected chi connectivity index (χ3v) is 7.43. The first-order valence-electron chi connectivity index (χ1n) is 13.2. The van der Waals surface area contributed by atoms with E-state index in [0.717, 1.165) is 0 Å². The average molecular weight is 597 g/mol. The van der Waals surface area contributed by atoms with Gasteiger partial charge < -0.3 is 23.3 Å². The van der Waals surface area contributed by atoms with Crippen LogP contribution in [-0.4, -0.2) is 56.2 Å². The molecule has 2 N–H and O–H groups in total. The van der Waals surface area contributed by atoms with Gasteiger partial charge in [0.1, 0.15) is 30.2 Å². The highest BCUT2D eigenvalue weighted by atomic mass is 31.2. The molecule has 14 heteroatoms. The zero-order valence-corrected chi connectivity index (χ0v) is 24.6. The van der Waals surface area contributed by atoms with Crippen LogP contribution in [0.5, 0.6) is 11.5 Å². The third-order valence-electron chi connectivity index (χ3n) is 5.65. The van der Waals surface area contributed by atoms with Gasteiger partial charge in [0.15, 0.2) is 17.0 Å². The summed E-state index contributed by atoms with van der Waals surface area (Å²) in [6, 6.07) is 16.3. The molecule has 13 nitrogen and oxygen atoms in total. The maximum Gasteiger partial charge on any atom is 0.418 e. The quantitative estimate of drug-likeness (QED) is 0.158. The van der Waals surface area contributed by atoms with Gasteiger partial charge in [-0.2, -0.15) is 0 Å². The highest BCUT2D eigenvalue weighted by Gasteiger charge is 2.32. The minimum Gasteiger partial charge on any atom is -0.462 e. The van der Waals surface area contributed by atoms with E-state index in [9.17, 15) is 14.2 Å². The van der Waals surface area contributed by atoms with Crippen molar-refractivity contribution >= 4 is 36.6 Å². The van der Waals surface area contributed by atoms with Crippen LogP contribution in [0.4, 0.5) is 10.6 Å². The Hall–Kier alpha value is -4.32. The number of para-hydroxylation sites is 2. The molecule has 0 radical (unpaired) electrons. The predicted octanol–water partition coefficient (Wildman–Crippen LogP) is 5.00. The van der Waals surface area contributed by atoms with Crippen molar-refractivity contribution in [3.63, 3.8) is 0 Å². The molecular weight excluding hydrogens is 563 g/mol. The minimum atomic E-state index is -3.72. The summed E-state index contributed by atoms with van der Waals surface area (Å²) >= 11 is 0. The molecule has 4 rings (SSSR count). The highest BCUT2D eigenvalue weighted by molar-refractivity contribution is 7.57. The van der Waals surface area contributed by atoms with Crippen LogP contribution in [0.2, 0.25) is 0 Å². The van der Waals surface area contributed by atoms with Crippen LogP contribution in [-0.2, 0) is 25.4 Å². The van der Waals surface area contributed by atoms with Crippen molar-refractivity contribution in [2.75, 3.05) is 11.7 Å². The van der Waals surface area contributed by atoms with Gasteiger partial charge in [0.2, 0.25) is 0 Å². The maximum atomic E-state index is 13.8. The smallest absolute Gasteiger partial charge is 0.418 e. The lowest BCUT2D eigenvalue weighted by atomic mass is 10.3. The van der Waals surface area contributed by atoms with Crippen LogP contribution in [0.1, 0.15) is 27.7 Å². The summed E-state index contributed by atoms with van der Waals surface area (Å²) in [6.45, 7) is 7.07. The van der Waals surface area contributed by atoms with Crippen LogP contribution >= 0.6 is 7.52 Å². The van der Waals surface area contributed by atoms with Gasteiger partial charge in [0.05, 0.1) is 25.1 Å². The molecule has 4 aromatic rings. The number of nitrogens with zero attached hydrogens (tertiary/aromatic N) is 4. The largest absolute Gasteiger partial charge is 0.462 e. The number of carbonyl (C=O) groups excluding carboxylic acids is 2. The van der Waals surface area contributed by atoms with Gasteiger partial charge in [-0.25, -0.2) is 24.8 Å². The van der Waals surface area contributed by atoms with Gasteiger partial charge >= 0.3 is 19.6 Å². The number of hydrogen-bond donors (Lipinski definition) is 2. The van der Waals surface area contributed by atoms with Gasteiger partial charge in [-0.1, -0.05) is 36.4 Å². The Morgan fingerprint density at radius 2 is 1.60 bits per heavy atom. The first kappa shape index (κ1) is 30.6. The van der Waals surface area contributed by atoms with Crippen molar-refractivity contribution in [1.82, 2.24) is 24.6 Å². The van der Waals surface area contributed by atoms with E-state index >= 15 is 0 Å². The molecule has 0 bridgehead atoms. The lowest BCUT2D eigenvalue weighted by Gasteiger charge is -2.25. The molecule has 0 unspecified atom stereocenters. The molecule has 1 amide bonds. The topological polar surface area (TPSA) is 156 Å². The second-order valence-corrected chi connectivity index (χ2v) is 11.7. The lowest BCUT2D eigenvalue weighted by molar-refractivity contribution is -0.149. The minimum absolute atomic E-state index is 0.181. The van der Waals surface area contributed by atoms with Crippen LogP contribution in [0.25, 0.3) is 11.2 Å². The molecule has 2 aromatic carbocycles. The second-order valence-electron chi connectivity index (χ2n) is 9.64. The van der Waals surface area contributed by atoms with Gasteiger partial charge in [0.25, 0.3) is 0 Å². The number of benzene rings is 2. The first-order valence-corrected chi connectivity index (χ1v) is 15.1. The van der Waals surface area contributed by atoms with E-state index in [-0.39, 0.29) is 24.8 Å². The zero-order valence-electron chi connectivity index (χ0n) is 23.7. The van der Waals surface area contributed by atoms with Gasteiger partial charge in [-0.3, -0.25) is 14.7 Å². The van der Waals surface area contributed by atoms with Crippen molar-refractivity contribution in [2.24, 2.45) is 0 Å². The van der Waals surface area contributed by atoms with Crippen LogP contribution in [0.3, 0.4) is 0 Å². The normalized spacial score (nSPS) is 14.1. The fourth-order valence-corrected chi connectivity index (χ4v) is 5.59. The maximum absolute atomic E-state index is 13.8. The number of fused-ring (bicyclic) bond motifs is 1. The predicted molar refractivity (Wildman–Crippen MR) is 155 cm³/mol. The monoisotopic (exact) mass is 596 g/mol. The zero-order chi connectivity index (χ0) is 30.1. The summed E-state index contributed by atoms with van der Waals surface area (Å²) in [5.74, 6) is 0.361. The molecule has 0 aliphatic carbocycles. The summed E-state index contributed by atoms with van der Waals surface area (Å²) in [7, 11) is -3.72. The first-order chi connectivity index (χ1) is 20.1. The fourth-order valence-electron chi connectivity index (χ4n) is 3.80. The summed E-state index contributed by atoms with van der Waals surface area (Å²) in [5.41, 5.74) is 0.800. The van der Waals surface area contributed by atoms with Crippen molar-refractivity contribution in [3.8, 4) is 11.5 Å². The number of esters is 1. The number of hydrogen-bond acceptors (Lipinski definition) is 10. The summed E-state index contributed by atoms with van der Waals surface area (Å²) in [6.07, 6.45) is 0.974. The van der Waals surface area contributed by atoms with E-state index in [1.807, 2.05) is 6.07 Å². The van der Waals surface area contributed by atoms with Gasteiger partial charge in [0, 0.05) is 0 Å².